The van der Waals surface area contributed by atoms with Crippen molar-refractivity contribution in [2.75, 3.05) is 28.6 Å². The number of thioether (sulfide) groups is 2. The van der Waals surface area contributed by atoms with Gasteiger partial charge in [0.05, 0.1) is 4.90 Å². The number of hydrogen-bond acceptors (Lipinski definition) is 5. The van der Waals surface area contributed by atoms with Crippen molar-refractivity contribution >= 4 is 44.9 Å². The molecule has 4 nitrogen and oxygen atoms in total. The minimum atomic E-state index is -3.58. The normalized spacial score (nSPS) is 14.0. The van der Waals surface area contributed by atoms with Crippen molar-refractivity contribution in [3.8, 4) is 0 Å². The number of nitrogens with one attached hydrogen (secondary N) is 2. The van der Waals surface area contributed by atoms with Crippen LogP contribution >= 0.6 is 23.5 Å². The first kappa shape index (κ1) is 15.6. The van der Waals surface area contributed by atoms with E-state index in [1.54, 1.807) is 41.7 Å². The largest absolute Gasteiger partial charge is 0.383 e. The average molecular weight is 353 g/mol. The summed E-state index contributed by atoms with van der Waals surface area (Å²) < 4.78 is 27.7. The minimum absolute atomic E-state index is 0.274. The molecule has 0 radical (unpaired) electrons. The Bertz CT molecular complexity index is 791. The maximum atomic E-state index is 12.5. The summed E-state index contributed by atoms with van der Waals surface area (Å²) in [6.45, 7) is 0.852. The zero-order valence-electron chi connectivity index (χ0n) is 12.0. The van der Waals surface area contributed by atoms with E-state index in [9.17, 15) is 8.42 Å². The molecule has 0 aliphatic carbocycles. The summed E-state index contributed by atoms with van der Waals surface area (Å²) in [5.41, 5.74) is 1.46. The van der Waals surface area contributed by atoms with Crippen LogP contribution in [0.4, 0.5) is 11.4 Å². The second kappa shape index (κ2) is 6.44. The predicted molar refractivity (Wildman–Crippen MR) is 94.7 cm³/mol. The Labute approximate surface area is 139 Å². The quantitative estimate of drug-likeness (QED) is 0.821. The molecule has 2 aromatic rings. The van der Waals surface area contributed by atoms with Crippen LogP contribution in [0.3, 0.4) is 0 Å². The highest BCUT2D eigenvalue weighted by atomic mass is 32.2. The number of benzene rings is 2. The molecule has 0 amide bonds. The smallest absolute Gasteiger partial charge is 0.261 e. The Hall–Kier alpha value is -1.31. The lowest BCUT2D eigenvalue weighted by atomic mass is 10.3. The molecule has 1 aliphatic rings. The van der Waals surface area contributed by atoms with Crippen molar-refractivity contribution in [1.82, 2.24) is 0 Å². The molecular formula is C15H16N2O2S3. The molecule has 0 saturated carbocycles. The van der Waals surface area contributed by atoms with Crippen molar-refractivity contribution in [2.45, 2.75) is 14.7 Å². The van der Waals surface area contributed by atoms with Crippen LogP contribution in [-0.2, 0) is 10.0 Å². The van der Waals surface area contributed by atoms with Gasteiger partial charge in [-0.1, -0.05) is 6.07 Å². The second-order valence-electron chi connectivity index (χ2n) is 4.77. The van der Waals surface area contributed by atoms with Gasteiger partial charge in [0, 0.05) is 33.5 Å². The maximum absolute atomic E-state index is 12.5. The van der Waals surface area contributed by atoms with E-state index in [-0.39, 0.29) is 4.90 Å². The molecule has 3 rings (SSSR count). The molecule has 1 aliphatic heterocycles. The van der Waals surface area contributed by atoms with E-state index in [2.05, 4.69) is 10.0 Å². The summed E-state index contributed by atoms with van der Waals surface area (Å²) in [6, 6.07) is 12.6. The fourth-order valence-corrected chi connectivity index (χ4v) is 4.60. The van der Waals surface area contributed by atoms with Crippen LogP contribution in [0.5, 0.6) is 0 Å². The fourth-order valence-electron chi connectivity index (χ4n) is 2.19. The van der Waals surface area contributed by atoms with Gasteiger partial charge in [-0.15, -0.1) is 23.5 Å². The van der Waals surface area contributed by atoms with Gasteiger partial charge in [0.15, 0.2) is 0 Å². The Kier molecular flexibility index (Phi) is 4.56. The zero-order chi connectivity index (χ0) is 15.6. The standard InChI is InChI=1S/C15H16N2O2S3/c1-20-12-4-2-3-11(9-12)17-22(18,19)13-5-6-15-14(10-13)16-7-8-21-15/h2-6,9-10,16-17H,7-8H2,1H3. The molecule has 0 fully saturated rings. The highest BCUT2D eigenvalue weighted by molar-refractivity contribution is 7.99. The number of rotatable bonds is 4. The van der Waals surface area contributed by atoms with Crippen LogP contribution in [0.1, 0.15) is 0 Å². The molecule has 0 aromatic heterocycles. The van der Waals surface area contributed by atoms with E-state index in [1.807, 2.05) is 30.5 Å². The van der Waals surface area contributed by atoms with Crippen molar-refractivity contribution in [1.29, 1.82) is 0 Å². The zero-order valence-corrected chi connectivity index (χ0v) is 14.4. The molecule has 2 N–H and O–H groups in total. The Morgan fingerprint density at radius 1 is 1.23 bits per heavy atom. The summed E-state index contributed by atoms with van der Waals surface area (Å²) in [5.74, 6) is 0.999. The van der Waals surface area contributed by atoms with Crippen LogP contribution in [0.2, 0.25) is 0 Å². The molecule has 0 spiro atoms. The monoisotopic (exact) mass is 352 g/mol. The van der Waals surface area contributed by atoms with E-state index >= 15 is 0 Å². The summed E-state index contributed by atoms with van der Waals surface area (Å²) in [7, 11) is -3.58. The van der Waals surface area contributed by atoms with Crippen molar-refractivity contribution < 1.29 is 8.42 Å². The Balaban J connectivity index is 1.89. The molecule has 2 aromatic carbocycles. The lowest BCUT2D eigenvalue weighted by Crippen LogP contribution is -2.15. The first-order valence-electron chi connectivity index (χ1n) is 6.76. The van der Waals surface area contributed by atoms with E-state index in [4.69, 9.17) is 0 Å². The van der Waals surface area contributed by atoms with Gasteiger partial charge < -0.3 is 5.32 Å². The third-order valence-corrected chi connectivity index (χ3v) is 6.44. The first-order chi connectivity index (χ1) is 10.6. The van der Waals surface area contributed by atoms with Gasteiger partial charge >= 0.3 is 0 Å². The van der Waals surface area contributed by atoms with Gasteiger partial charge in [0.1, 0.15) is 0 Å². The molecule has 7 heteroatoms. The molecule has 0 unspecified atom stereocenters. The SMILES string of the molecule is CSc1cccc(NS(=O)(=O)c2ccc3c(c2)NCCS3)c1. The Morgan fingerprint density at radius 2 is 2.09 bits per heavy atom. The molecule has 0 saturated heterocycles. The number of anilines is 2. The van der Waals surface area contributed by atoms with E-state index in [1.165, 1.54) is 0 Å². The van der Waals surface area contributed by atoms with Crippen molar-refractivity contribution in [2.24, 2.45) is 0 Å². The van der Waals surface area contributed by atoms with Gasteiger partial charge in [-0.05, 0) is 42.7 Å². The average Bonchev–Trinajstić information content (AvgIpc) is 2.54. The van der Waals surface area contributed by atoms with Crippen molar-refractivity contribution in [3.05, 3.63) is 42.5 Å². The summed E-state index contributed by atoms with van der Waals surface area (Å²) in [5, 5.41) is 3.24. The first-order valence-corrected chi connectivity index (χ1v) is 10.5. The van der Waals surface area contributed by atoms with Gasteiger partial charge in [0.2, 0.25) is 0 Å². The molecule has 0 atom stereocenters. The third-order valence-electron chi connectivity index (χ3n) is 3.26. The van der Waals surface area contributed by atoms with E-state index < -0.39 is 10.0 Å². The minimum Gasteiger partial charge on any atom is -0.383 e. The lowest BCUT2D eigenvalue weighted by molar-refractivity contribution is 0.601. The molecule has 22 heavy (non-hydrogen) atoms. The summed E-state index contributed by atoms with van der Waals surface area (Å²) in [6.07, 6.45) is 1.96. The fraction of sp³-hybridized carbons (Fsp3) is 0.200. The van der Waals surface area contributed by atoms with Crippen molar-refractivity contribution in [3.63, 3.8) is 0 Å². The van der Waals surface area contributed by atoms with E-state index in [0.29, 0.717) is 5.69 Å². The third kappa shape index (κ3) is 3.37. The lowest BCUT2D eigenvalue weighted by Gasteiger charge is -2.18. The second-order valence-corrected chi connectivity index (χ2v) is 8.47. The number of fused-ring (bicyclic) bond motifs is 1. The van der Waals surface area contributed by atoms with Gasteiger partial charge in [-0.25, -0.2) is 8.42 Å². The van der Waals surface area contributed by atoms with Crippen LogP contribution in [0, 0.1) is 0 Å². The molecule has 0 bridgehead atoms. The topological polar surface area (TPSA) is 58.2 Å². The molecule has 1 heterocycles. The van der Waals surface area contributed by atoms with Crippen LogP contribution in [-0.4, -0.2) is 27.0 Å². The molecule has 116 valence electrons. The van der Waals surface area contributed by atoms with Gasteiger partial charge in [-0.3, -0.25) is 4.72 Å². The van der Waals surface area contributed by atoms with E-state index in [0.717, 1.165) is 27.8 Å². The maximum Gasteiger partial charge on any atom is 0.261 e. The van der Waals surface area contributed by atoms with Crippen LogP contribution in [0.15, 0.2) is 57.2 Å². The Morgan fingerprint density at radius 3 is 2.91 bits per heavy atom. The van der Waals surface area contributed by atoms with Gasteiger partial charge in [0.25, 0.3) is 10.0 Å². The van der Waals surface area contributed by atoms with Crippen LogP contribution < -0.4 is 10.0 Å². The highest BCUT2D eigenvalue weighted by Gasteiger charge is 2.18. The van der Waals surface area contributed by atoms with Gasteiger partial charge in [-0.2, -0.15) is 0 Å². The number of hydrogen-bond donors (Lipinski definition) is 2. The highest BCUT2D eigenvalue weighted by Crippen LogP contribution is 2.33. The number of sulfonamides is 1. The summed E-state index contributed by atoms with van der Waals surface area (Å²) >= 11 is 3.31. The molecular weight excluding hydrogens is 336 g/mol. The summed E-state index contributed by atoms with van der Waals surface area (Å²) in [4.78, 5) is 2.38. The predicted octanol–water partition coefficient (Wildman–Crippen LogP) is 3.73. The van der Waals surface area contributed by atoms with Crippen LogP contribution in [0.25, 0.3) is 0 Å².